The van der Waals surface area contributed by atoms with E-state index in [1.165, 1.54) is 0 Å². The molecule has 5 nitrogen and oxygen atoms in total. The highest BCUT2D eigenvalue weighted by atomic mass is 35.6. The van der Waals surface area contributed by atoms with Crippen LogP contribution in [-0.2, 0) is 21.4 Å². The molecule has 0 radical (unpaired) electrons. The highest BCUT2D eigenvalue weighted by Gasteiger charge is 2.48. The highest BCUT2D eigenvalue weighted by Crippen LogP contribution is 2.37. The average molecular weight is 389 g/mol. The van der Waals surface area contributed by atoms with E-state index in [2.05, 4.69) is 0 Å². The van der Waals surface area contributed by atoms with Crippen molar-refractivity contribution in [2.75, 3.05) is 0 Å². The number of carboxylic acids is 1. The summed E-state index contributed by atoms with van der Waals surface area (Å²) in [6.07, 6.45) is 0. The summed E-state index contributed by atoms with van der Waals surface area (Å²) < 4.78 is 23.0. The lowest BCUT2D eigenvalue weighted by Gasteiger charge is -2.32. The maximum atomic E-state index is 12.5. The van der Waals surface area contributed by atoms with E-state index in [-0.39, 0.29) is 6.54 Å². The Bertz CT molecular complexity index is 614. The van der Waals surface area contributed by atoms with Gasteiger partial charge in [0.25, 0.3) is 10.0 Å². The summed E-state index contributed by atoms with van der Waals surface area (Å²) in [6.45, 7) is 2.97. The number of hydrogen-bond acceptors (Lipinski definition) is 3. The monoisotopic (exact) mass is 387 g/mol. The van der Waals surface area contributed by atoms with E-state index < -0.39 is 31.1 Å². The smallest absolute Gasteiger partial charge is 0.322 e. The predicted octanol–water partition coefficient (Wildman–Crippen LogP) is 3.26. The molecule has 1 aromatic carbocycles. The Kier molecular flexibility index (Phi) is 6.53. The molecule has 22 heavy (non-hydrogen) atoms. The highest BCUT2D eigenvalue weighted by molar-refractivity contribution is 7.95. The van der Waals surface area contributed by atoms with Crippen molar-refractivity contribution in [3.05, 3.63) is 35.9 Å². The van der Waals surface area contributed by atoms with Gasteiger partial charge in [0.15, 0.2) is 0 Å². The standard InChI is InChI=1S/C13H16Cl3NO4S/c1-9(2)11(12(18)19)17(22(20,21)13(14,15)16)8-10-6-4-3-5-7-10/h3-7,9,11H,8H2,1-2H3,(H,18,19)/t11-/m0/s1. The van der Waals surface area contributed by atoms with Gasteiger partial charge in [-0.25, -0.2) is 8.42 Å². The number of carbonyl (C=O) groups is 1. The molecule has 124 valence electrons. The van der Waals surface area contributed by atoms with Crippen LogP contribution in [0.25, 0.3) is 0 Å². The van der Waals surface area contributed by atoms with Gasteiger partial charge in [-0.1, -0.05) is 79.0 Å². The number of aliphatic carboxylic acids is 1. The number of alkyl halides is 3. The minimum atomic E-state index is -4.48. The summed E-state index contributed by atoms with van der Waals surface area (Å²) in [5.41, 5.74) is 0.590. The second-order valence-electron chi connectivity index (χ2n) is 5.01. The van der Waals surface area contributed by atoms with Gasteiger partial charge in [-0.3, -0.25) is 4.79 Å². The van der Waals surface area contributed by atoms with Crippen molar-refractivity contribution in [3.63, 3.8) is 0 Å². The molecule has 0 fully saturated rings. The molecule has 0 saturated heterocycles. The summed E-state index contributed by atoms with van der Waals surface area (Å²) in [5.74, 6) is -1.81. The quantitative estimate of drug-likeness (QED) is 0.759. The first-order valence-corrected chi connectivity index (χ1v) is 8.90. The molecule has 1 aromatic rings. The van der Waals surface area contributed by atoms with Crippen LogP contribution < -0.4 is 0 Å². The fourth-order valence-electron chi connectivity index (χ4n) is 1.97. The molecule has 0 aromatic heterocycles. The molecule has 1 atom stereocenters. The number of carboxylic acid groups (broad SMARTS) is 1. The first kappa shape index (κ1) is 19.5. The fourth-order valence-corrected chi connectivity index (χ4v) is 3.99. The summed E-state index contributed by atoms with van der Waals surface area (Å²) in [4.78, 5) is 11.5. The van der Waals surface area contributed by atoms with Crippen molar-refractivity contribution in [2.45, 2.75) is 29.6 Å². The molecule has 0 heterocycles. The normalized spacial score (nSPS) is 14.3. The van der Waals surface area contributed by atoms with Crippen molar-refractivity contribution in [2.24, 2.45) is 5.92 Å². The van der Waals surface area contributed by atoms with Gasteiger partial charge < -0.3 is 5.11 Å². The van der Waals surface area contributed by atoms with Crippen LogP contribution in [0.2, 0.25) is 0 Å². The Morgan fingerprint density at radius 3 is 2.09 bits per heavy atom. The van der Waals surface area contributed by atoms with E-state index in [4.69, 9.17) is 34.8 Å². The molecule has 1 rings (SSSR count). The number of benzene rings is 1. The van der Waals surface area contributed by atoms with E-state index >= 15 is 0 Å². The zero-order valence-electron chi connectivity index (χ0n) is 11.9. The minimum Gasteiger partial charge on any atom is -0.480 e. The van der Waals surface area contributed by atoms with Crippen molar-refractivity contribution in [1.29, 1.82) is 0 Å². The summed E-state index contributed by atoms with van der Waals surface area (Å²) in [7, 11) is -4.48. The van der Waals surface area contributed by atoms with E-state index in [0.29, 0.717) is 5.56 Å². The van der Waals surface area contributed by atoms with Gasteiger partial charge in [-0.2, -0.15) is 4.31 Å². The molecule has 0 aliphatic carbocycles. The van der Waals surface area contributed by atoms with Gasteiger partial charge in [-0.05, 0) is 11.5 Å². The van der Waals surface area contributed by atoms with Crippen LogP contribution in [0.1, 0.15) is 19.4 Å². The van der Waals surface area contributed by atoms with E-state index in [0.717, 1.165) is 4.31 Å². The van der Waals surface area contributed by atoms with Crippen LogP contribution >= 0.6 is 34.8 Å². The Balaban J connectivity index is 3.36. The molecular weight excluding hydrogens is 373 g/mol. The van der Waals surface area contributed by atoms with E-state index in [1.54, 1.807) is 44.2 Å². The third kappa shape index (κ3) is 4.49. The maximum Gasteiger partial charge on any atom is 0.322 e. The van der Waals surface area contributed by atoms with Crippen LogP contribution in [0, 0.1) is 5.92 Å². The summed E-state index contributed by atoms with van der Waals surface area (Å²) >= 11 is 16.6. The van der Waals surface area contributed by atoms with Gasteiger partial charge in [0.2, 0.25) is 0 Å². The topological polar surface area (TPSA) is 74.7 Å². The van der Waals surface area contributed by atoms with Gasteiger partial charge in [0.1, 0.15) is 6.04 Å². The van der Waals surface area contributed by atoms with Crippen LogP contribution in [0.5, 0.6) is 0 Å². The summed E-state index contributed by atoms with van der Waals surface area (Å²) in [6, 6.07) is 7.16. The SMILES string of the molecule is CC(C)[C@@H](C(=O)O)N(Cc1ccccc1)S(=O)(=O)C(Cl)(Cl)Cl. The average Bonchev–Trinajstić information content (AvgIpc) is 2.36. The largest absolute Gasteiger partial charge is 0.480 e. The molecule has 0 spiro atoms. The Labute approximate surface area is 144 Å². The molecule has 1 N–H and O–H groups in total. The lowest BCUT2D eigenvalue weighted by atomic mass is 10.0. The second kappa shape index (κ2) is 7.36. The predicted molar refractivity (Wildman–Crippen MR) is 87.5 cm³/mol. The van der Waals surface area contributed by atoms with E-state index in [9.17, 15) is 18.3 Å². The van der Waals surface area contributed by atoms with Crippen LogP contribution in [0.4, 0.5) is 0 Å². The van der Waals surface area contributed by atoms with Crippen LogP contribution in [0.3, 0.4) is 0 Å². The third-order valence-electron chi connectivity index (χ3n) is 2.98. The second-order valence-corrected chi connectivity index (χ2v) is 9.99. The zero-order valence-corrected chi connectivity index (χ0v) is 15.0. The number of nitrogens with zero attached hydrogens (tertiary/aromatic N) is 1. The Hall–Kier alpha value is -0.530. The van der Waals surface area contributed by atoms with Gasteiger partial charge in [0, 0.05) is 6.54 Å². The van der Waals surface area contributed by atoms with Crippen molar-refractivity contribution < 1.29 is 18.3 Å². The van der Waals surface area contributed by atoms with Gasteiger partial charge in [0.05, 0.1) is 0 Å². The van der Waals surface area contributed by atoms with E-state index in [1.807, 2.05) is 0 Å². The minimum absolute atomic E-state index is 0.202. The van der Waals surface area contributed by atoms with Gasteiger partial charge >= 0.3 is 9.09 Å². The molecule has 0 unspecified atom stereocenters. The molecule has 0 aliphatic heterocycles. The lowest BCUT2D eigenvalue weighted by Crippen LogP contribution is -2.50. The fraction of sp³-hybridized carbons (Fsp3) is 0.462. The molecular formula is C13H16Cl3NO4S. The van der Waals surface area contributed by atoms with Crippen LogP contribution in [0.15, 0.2) is 30.3 Å². The number of rotatable bonds is 6. The van der Waals surface area contributed by atoms with Crippen molar-refractivity contribution in [1.82, 2.24) is 4.31 Å². The molecule has 9 heteroatoms. The number of sulfonamides is 1. The Morgan fingerprint density at radius 1 is 1.23 bits per heavy atom. The lowest BCUT2D eigenvalue weighted by molar-refractivity contribution is -0.143. The molecule has 0 aliphatic rings. The molecule has 0 amide bonds. The maximum absolute atomic E-state index is 12.5. The van der Waals surface area contributed by atoms with Crippen molar-refractivity contribution >= 4 is 50.8 Å². The number of hydrogen-bond donors (Lipinski definition) is 1. The number of halogens is 3. The molecule has 0 bridgehead atoms. The zero-order chi connectivity index (χ0) is 17.1. The Morgan fingerprint density at radius 2 is 1.73 bits per heavy atom. The first-order chi connectivity index (χ1) is 9.98. The van der Waals surface area contributed by atoms with Crippen LogP contribution in [-0.4, -0.2) is 33.0 Å². The third-order valence-corrected chi connectivity index (χ3v) is 6.29. The first-order valence-electron chi connectivity index (χ1n) is 6.33. The van der Waals surface area contributed by atoms with Crippen molar-refractivity contribution in [3.8, 4) is 0 Å². The van der Waals surface area contributed by atoms with Gasteiger partial charge in [-0.15, -0.1) is 0 Å². The summed E-state index contributed by atoms with van der Waals surface area (Å²) in [5, 5.41) is 9.39. The molecule has 0 saturated carbocycles.